The van der Waals surface area contributed by atoms with Crippen molar-refractivity contribution in [3.63, 3.8) is 0 Å². The van der Waals surface area contributed by atoms with Gasteiger partial charge in [0.15, 0.2) is 11.5 Å². The van der Waals surface area contributed by atoms with Gasteiger partial charge in [0.25, 0.3) is 5.91 Å². The highest BCUT2D eigenvalue weighted by Gasteiger charge is 2.27. The first-order valence-electron chi connectivity index (χ1n) is 6.90. The van der Waals surface area contributed by atoms with Gasteiger partial charge in [0, 0.05) is 11.8 Å². The molecule has 1 aliphatic carbocycles. The van der Waals surface area contributed by atoms with E-state index in [0.717, 1.165) is 41.9 Å². The first kappa shape index (κ1) is 12.8. The standard InChI is InChI=1S/C15H18N4O/c1-9-3-4-11-12(7-9)19(18-14(11)15(16)20)13-8-10(2)5-6-17-13/h5-6,8-9H,3-4,7H2,1-2H3,(H2,16,20). The van der Waals surface area contributed by atoms with E-state index in [-0.39, 0.29) is 0 Å². The minimum absolute atomic E-state index is 0.398. The molecule has 1 atom stereocenters. The van der Waals surface area contributed by atoms with Gasteiger partial charge in [0.05, 0.1) is 5.69 Å². The molecule has 2 heterocycles. The SMILES string of the molecule is Cc1ccnc(-n2nc(C(N)=O)c3c2CC(C)CC3)c1. The molecule has 2 aromatic rings. The molecular weight excluding hydrogens is 252 g/mol. The van der Waals surface area contributed by atoms with Crippen molar-refractivity contribution < 1.29 is 4.79 Å². The van der Waals surface area contributed by atoms with E-state index in [2.05, 4.69) is 17.0 Å². The van der Waals surface area contributed by atoms with Crippen molar-refractivity contribution in [3.8, 4) is 5.82 Å². The fourth-order valence-electron chi connectivity index (χ4n) is 2.80. The molecule has 0 spiro atoms. The molecule has 0 aromatic carbocycles. The minimum Gasteiger partial charge on any atom is -0.364 e. The van der Waals surface area contributed by atoms with Gasteiger partial charge in [-0.1, -0.05) is 6.92 Å². The smallest absolute Gasteiger partial charge is 0.269 e. The molecule has 2 aromatic heterocycles. The first-order valence-corrected chi connectivity index (χ1v) is 6.90. The fourth-order valence-corrected chi connectivity index (χ4v) is 2.80. The zero-order valence-electron chi connectivity index (χ0n) is 11.8. The van der Waals surface area contributed by atoms with Crippen LogP contribution in [0.25, 0.3) is 5.82 Å². The van der Waals surface area contributed by atoms with Gasteiger partial charge in [-0.25, -0.2) is 9.67 Å². The lowest BCUT2D eigenvalue weighted by Crippen LogP contribution is -2.17. The average Bonchev–Trinajstić information content (AvgIpc) is 2.77. The second-order valence-electron chi connectivity index (χ2n) is 5.59. The molecule has 0 fully saturated rings. The summed E-state index contributed by atoms with van der Waals surface area (Å²) in [6, 6.07) is 3.91. The zero-order valence-corrected chi connectivity index (χ0v) is 11.8. The van der Waals surface area contributed by atoms with Gasteiger partial charge in [0.2, 0.25) is 0 Å². The summed E-state index contributed by atoms with van der Waals surface area (Å²) in [5.74, 6) is 0.883. The Morgan fingerprint density at radius 3 is 3.00 bits per heavy atom. The number of aromatic nitrogens is 3. The van der Waals surface area contributed by atoms with E-state index in [9.17, 15) is 4.79 Å². The summed E-state index contributed by atoms with van der Waals surface area (Å²) < 4.78 is 1.79. The van der Waals surface area contributed by atoms with Crippen molar-refractivity contribution in [1.82, 2.24) is 14.8 Å². The van der Waals surface area contributed by atoms with E-state index in [1.807, 2.05) is 19.1 Å². The number of amides is 1. The van der Waals surface area contributed by atoms with Crippen LogP contribution in [0.3, 0.4) is 0 Å². The van der Waals surface area contributed by atoms with Gasteiger partial charge in [0.1, 0.15) is 0 Å². The number of fused-ring (bicyclic) bond motifs is 1. The number of rotatable bonds is 2. The predicted molar refractivity (Wildman–Crippen MR) is 75.8 cm³/mol. The Balaban J connectivity index is 2.18. The van der Waals surface area contributed by atoms with Crippen LogP contribution in [-0.2, 0) is 12.8 Å². The number of pyridine rings is 1. The molecule has 1 unspecified atom stereocenters. The molecule has 20 heavy (non-hydrogen) atoms. The molecule has 1 amide bonds. The molecule has 1 aliphatic rings. The molecule has 104 valence electrons. The van der Waals surface area contributed by atoms with Crippen LogP contribution in [0, 0.1) is 12.8 Å². The monoisotopic (exact) mass is 270 g/mol. The number of hydrogen-bond donors (Lipinski definition) is 1. The van der Waals surface area contributed by atoms with Gasteiger partial charge in [-0.05, 0) is 49.8 Å². The van der Waals surface area contributed by atoms with E-state index in [4.69, 9.17) is 5.73 Å². The summed E-state index contributed by atoms with van der Waals surface area (Å²) in [4.78, 5) is 16.0. The van der Waals surface area contributed by atoms with Crippen molar-refractivity contribution >= 4 is 5.91 Å². The lowest BCUT2D eigenvalue weighted by atomic mass is 9.88. The normalized spacial score (nSPS) is 17.8. The zero-order chi connectivity index (χ0) is 14.3. The molecule has 5 heteroatoms. The Labute approximate surface area is 117 Å². The lowest BCUT2D eigenvalue weighted by Gasteiger charge is -2.19. The molecular formula is C15H18N4O. The molecule has 5 nitrogen and oxygen atoms in total. The topological polar surface area (TPSA) is 73.8 Å². The maximum absolute atomic E-state index is 11.6. The van der Waals surface area contributed by atoms with Gasteiger partial charge in [-0.3, -0.25) is 4.79 Å². The van der Waals surface area contributed by atoms with Gasteiger partial charge >= 0.3 is 0 Å². The van der Waals surface area contributed by atoms with E-state index in [1.54, 1.807) is 10.9 Å². The summed E-state index contributed by atoms with van der Waals surface area (Å²) in [5, 5.41) is 4.42. The van der Waals surface area contributed by atoms with E-state index in [1.165, 1.54) is 0 Å². The fraction of sp³-hybridized carbons (Fsp3) is 0.400. The maximum atomic E-state index is 11.6. The quantitative estimate of drug-likeness (QED) is 0.904. The van der Waals surface area contributed by atoms with Gasteiger partial charge < -0.3 is 5.73 Å². The van der Waals surface area contributed by atoms with Gasteiger partial charge in [-0.2, -0.15) is 5.10 Å². The highest BCUT2D eigenvalue weighted by atomic mass is 16.1. The summed E-state index contributed by atoms with van der Waals surface area (Å²) in [6.45, 7) is 4.23. The number of nitrogens with zero attached hydrogens (tertiary/aromatic N) is 3. The van der Waals surface area contributed by atoms with E-state index >= 15 is 0 Å². The van der Waals surface area contributed by atoms with Crippen molar-refractivity contribution in [2.75, 3.05) is 0 Å². The number of nitrogens with two attached hydrogens (primary N) is 1. The number of carbonyl (C=O) groups excluding carboxylic acids is 1. The van der Waals surface area contributed by atoms with E-state index < -0.39 is 5.91 Å². The number of aryl methyl sites for hydroxylation is 1. The third kappa shape index (κ3) is 2.09. The Kier molecular flexibility index (Phi) is 3.04. The summed E-state index contributed by atoms with van der Waals surface area (Å²) in [6.07, 6.45) is 4.60. The highest BCUT2D eigenvalue weighted by molar-refractivity contribution is 5.92. The summed E-state index contributed by atoms with van der Waals surface area (Å²) in [5.41, 5.74) is 9.05. The largest absolute Gasteiger partial charge is 0.364 e. The maximum Gasteiger partial charge on any atom is 0.269 e. The van der Waals surface area contributed by atoms with Crippen LogP contribution >= 0.6 is 0 Å². The van der Waals surface area contributed by atoms with E-state index in [0.29, 0.717) is 11.6 Å². The Morgan fingerprint density at radius 2 is 2.30 bits per heavy atom. The van der Waals surface area contributed by atoms with Crippen molar-refractivity contribution in [2.45, 2.75) is 33.1 Å². The first-order chi connectivity index (χ1) is 9.56. The number of carbonyl (C=O) groups is 1. The van der Waals surface area contributed by atoms with Crippen LogP contribution in [0.15, 0.2) is 18.3 Å². The Hall–Kier alpha value is -2.17. The average molecular weight is 270 g/mol. The molecule has 0 saturated carbocycles. The molecule has 0 saturated heterocycles. The summed E-state index contributed by atoms with van der Waals surface area (Å²) >= 11 is 0. The molecule has 0 aliphatic heterocycles. The van der Waals surface area contributed by atoms with Crippen LogP contribution in [0.4, 0.5) is 0 Å². The van der Waals surface area contributed by atoms with Crippen molar-refractivity contribution in [3.05, 3.63) is 40.8 Å². The van der Waals surface area contributed by atoms with Crippen LogP contribution in [0.2, 0.25) is 0 Å². The predicted octanol–water partition coefficient (Wildman–Crippen LogP) is 1.80. The van der Waals surface area contributed by atoms with Gasteiger partial charge in [-0.15, -0.1) is 0 Å². The second-order valence-corrected chi connectivity index (χ2v) is 5.59. The third-order valence-electron chi connectivity index (χ3n) is 3.87. The highest BCUT2D eigenvalue weighted by Crippen LogP contribution is 2.29. The number of hydrogen-bond acceptors (Lipinski definition) is 3. The summed E-state index contributed by atoms with van der Waals surface area (Å²) in [7, 11) is 0. The van der Waals surface area contributed by atoms with Crippen molar-refractivity contribution in [1.29, 1.82) is 0 Å². The van der Waals surface area contributed by atoms with Crippen LogP contribution in [0.1, 0.15) is 40.7 Å². The molecule has 2 N–H and O–H groups in total. The molecule has 0 radical (unpaired) electrons. The van der Waals surface area contributed by atoms with Crippen molar-refractivity contribution in [2.24, 2.45) is 11.7 Å². The lowest BCUT2D eigenvalue weighted by molar-refractivity contribution is 0.0994. The minimum atomic E-state index is -0.456. The van der Waals surface area contributed by atoms with Crippen LogP contribution in [-0.4, -0.2) is 20.7 Å². The Bertz CT molecular complexity index is 675. The second kappa shape index (κ2) is 4.74. The third-order valence-corrected chi connectivity index (χ3v) is 3.87. The van der Waals surface area contributed by atoms with Crippen LogP contribution < -0.4 is 5.73 Å². The molecule has 0 bridgehead atoms. The molecule has 3 rings (SSSR count). The van der Waals surface area contributed by atoms with Crippen LogP contribution in [0.5, 0.6) is 0 Å². The Morgan fingerprint density at radius 1 is 1.50 bits per heavy atom. The number of primary amides is 1.